The van der Waals surface area contributed by atoms with E-state index < -0.39 is 0 Å². The Morgan fingerprint density at radius 2 is 1.96 bits per heavy atom. The van der Waals surface area contributed by atoms with Gasteiger partial charge in [-0.05, 0) is 36.8 Å². The Balaban J connectivity index is 1.68. The predicted molar refractivity (Wildman–Crippen MR) is 95.3 cm³/mol. The lowest BCUT2D eigenvalue weighted by molar-refractivity contribution is 0.615. The lowest BCUT2D eigenvalue weighted by Gasteiger charge is -2.07. The summed E-state index contributed by atoms with van der Waals surface area (Å²) >= 11 is 1.71. The largest absolute Gasteiger partial charge is 0.321 e. The number of hydrogen-bond donors (Lipinski definition) is 2. The average Bonchev–Trinajstić information content (AvgIpc) is 3.11. The number of H-pyrrole nitrogens is 1. The minimum absolute atomic E-state index is 0.139. The van der Waals surface area contributed by atoms with Crippen LogP contribution in [0.5, 0.6) is 0 Å². The van der Waals surface area contributed by atoms with Gasteiger partial charge in [-0.15, -0.1) is 11.8 Å². The first-order valence-corrected chi connectivity index (χ1v) is 8.85. The monoisotopic (exact) mass is 324 g/mol. The summed E-state index contributed by atoms with van der Waals surface area (Å²) in [7, 11) is 0. The Bertz CT molecular complexity index is 754. The Morgan fingerprint density at radius 3 is 2.74 bits per heavy atom. The Morgan fingerprint density at radius 1 is 1.13 bits per heavy atom. The van der Waals surface area contributed by atoms with Crippen molar-refractivity contribution < 1.29 is 0 Å². The van der Waals surface area contributed by atoms with Crippen molar-refractivity contribution in [1.82, 2.24) is 15.2 Å². The molecule has 0 saturated heterocycles. The fourth-order valence-corrected chi connectivity index (χ4v) is 2.89. The van der Waals surface area contributed by atoms with Gasteiger partial charge in [-0.1, -0.05) is 42.5 Å². The van der Waals surface area contributed by atoms with Crippen molar-refractivity contribution >= 4 is 11.8 Å². The normalized spacial score (nSPS) is 12.3. The van der Waals surface area contributed by atoms with Crippen LogP contribution in [0.4, 0.5) is 0 Å². The van der Waals surface area contributed by atoms with Crippen molar-refractivity contribution in [3.8, 4) is 11.4 Å². The van der Waals surface area contributed by atoms with Crippen LogP contribution in [0, 0.1) is 0 Å². The summed E-state index contributed by atoms with van der Waals surface area (Å²) in [6.07, 6.45) is 3.82. The highest BCUT2D eigenvalue weighted by Crippen LogP contribution is 2.23. The molecule has 2 aromatic carbocycles. The van der Waals surface area contributed by atoms with E-state index in [0.717, 1.165) is 24.2 Å². The van der Waals surface area contributed by atoms with Crippen LogP contribution >= 0.6 is 11.8 Å². The Kier molecular flexibility index (Phi) is 5.10. The lowest BCUT2D eigenvalue weighted by atomic mass is 10.1. The molecule has 0 bridgehead atoms. The molecule has 0 unspecified atom stereocenters. The molecule has 0 aliphatic rings. The molecule has 0 fully saturated rings. The van der Waals surface area contributed by atoms with Gasteiger partial charge in [0.05, 0.1) is 6.04 Å². The summed E-state index contributed by atoms with van der Waals surface area (Å²) < 4.78 is 0. The zero-order valence-electron chi connectivity index (χ0n) is 13.1. The number of rotatable bonds is 6. The van der Waals surface area contributed by atoms with E-state index in [0.29, 0.717) is 5.82 Å². The number of nitrogens with two attached hydrogens (primary N) is 1. The van der Waals surface area contributed by atoms with Crippen molar-refractivity contribution in [1.29, 1.82) is 0 Å². The van der Waals surface area contributed by atoms with E-state index in [4.69, 9.17) is 5.73 Å². The summed E-state index contributed by atoms with van der Waals surface area (Å²) in [6, 6.07) is 18.4. The fraction of sp³-hybridized carbons (Fsp3) is 0.222. The minimum atomic E-state index is -0.139. The number of thioether (sulfide) groups is 1. The summed E-state index contributed by atoms with van der Waals surface area (Å²) in [5.74, 6) is 1.44. The average molecular weight is 324 g/mol. The topological polar surface area (TPSA) is 67.6 Å². The van der Waals surface area contributed by atoms with Crippen LogP contribution in [0.1, 0.15) is 23.9 Å². The van der Waals surface area contributed by atoms with Gasteiger partial charge in [0.1, 0.15) is 5.82 Å². The minimum Gasteiger partial charge on any atom is -0.321 e. The van der Waals surface area contributed by atoms with Gasteiger partial charge in [0.15, 0.2) is 5.82 Å². The number of aromatic nitrogens is 3. The molecule has 1 heterocycles. The van der Waals surface area contributed by atoms with Gasteiger partial charge in [-0.2, -0.15) is 5.10 Å². The molecule has 1 aromatic heterocycles. The summed E-state index contributed by atoms with van der Waals surface area (Å²) in [5, 5.41) is 7.30. The van der Waals surface area contributed by atoms with Gasteiger partial charge in [-0.3, -0.25) is 5.10 Å². The molecule has 0 radical (unpaired) electrons. The Hall–Kier alpha value is -2.11. The molecule has 0 spiro atoms. The van der Waals surface area contributed by atoms with Gasteiger partial charge in [-0.25, -0.2) is 4.98 Å². The van der Waals surface area contributed by atoms with Crippen molar-refractivity contribution in [3.63, 3.8) is 0 Å². The van der Waals surface area contributed by atoms with Crippen LogP contribution in [0.15, 0.2) is 59.5 Å². The van der Waals surface area contributed by atoms with Crippen LogP contribution in [0.2, 0.25) is 0 Å². The van der Waals surface area contributed by atoms with Crippen LogP contribution in [-0.2, 0) is 6.42 Å². The Labute approximate surface area is 140 Å². The molecule has 0 saturated carbocycles. The van der Waals surface area contributed by atoms with E-state index in [2.05, 4.69) is 45.7 Å². The second kappa shape index (κ2) is 7.44. The highest BCUT2D eigenvalue weighted by molar-refractivity contribution is 7.98. The second-order valence-electron chi connectivity index (χ2n) is 5.41. The van der Waals surface area contributed by atoms with Crippen LogP contribution in [0.25, 0.3) is 11.4 Å². The zero-order valence-corrected chi connectivity index (χ0v) is 13.9. The van der Waals surface area contributed by atoms with Gasteiger partial charge in [0.25, 0.3) is 0 Å². The van der Waals surface area contributed by atoms with E-state index in [1.54, 1.807) is 11.8 Å². The number of hydrogen-bond acceptors (Lipinski definition) is 4. The fourth-order valence-electron chi connectivity index (χ4n) is 2.43. The second-order valence-corrected chi connectivity index (χ2v) is 6.29. The maximum atomic E-state index is 6.25. The van der Waals surface area contributed by atoms with Crippen LogP contribution in [0.3, 0.4) is 0 Å². The van der Waals surface area contributed by atoms with Crippen molar-refractivity contribution in [3.05, 3.63) is 66.0 Å². The number of benzene rings is 2. The van der Waals surface area contributed by atoms with Gasteiger partial charge in [0.2, 0.25) is 0 Å². The molecule has 5 heteroatoms. The standard InChI is InChI=1S/C18H20N4S/c1-23-15-9-5-8-14(12-15)17-20-18(22-21-17)16(19)11-10-13-6-3-2-4-7-13/h2-9,12,16H,10-11,19H2,1H3,(H,20,21,22)/t16-/m1/s1. The molecule has 0 aliphatic carbocycles. The summed E-state index contributed by atoms with van der Waals surface area (Å²) in [5.41, 5.74) is 8.55. The molecule has 1 atom stereocenters. The third-order valence-electron chi connectivity index (χ3n) is 3.77. The molecule has 3 rings (SSSR count). The maximum absolute atomic E-state index is 6.25. The summed E-state index contributed by atoms with van der Waals surface area (Å²) in [6.45, 7) is 0. The predicted octanol–water partition coefficient (Wildman–Crippen LogP) is 3.83. The number of aryl methyl sites for hydroxylation is 1. The van der Waals surface area contributed by atoms with Crippen molar-refractivity contribution in [2.45, 2.75) is 23.8 Å². The number of aromatic amines is 1. The third-order valence-corrected chi connectivity index (χ3v) is 4.49. The van der Waals surface area contributed by atoms with E-state index >= 15 is 0 Å². The highest BCUT2D eigenvalue weighted by Gasteiger charge is 2.13. The van der Waals surface area contributed by atoms with E-state index in [-0.39, 0.29) is 6.04 Å². The first-order chi connectivity index (χ1) is 11.3. The van der Waals surface area contributed by atoms with Gasteiger partial charge >= 0.3 is 0 Å². The van der Waals surface area contributed by atoms with E-state index in [9.17, 15) is 0 Å². The van der Waals surface area contributed by atoms with Crippen molar-refractivity contribution in [2.75, 3.05) is 6.26 Å². The molecule has 0 aliphatic heterocycles. The molecular formula is C18H20N4S. The maximum Gasteiger partial charge on any atom is 0.181 e. The SMILES string of the molecule is CSc1cccc(-c2n[nH]c([C@H](N)CCc3ccccc3)n2)c1. The molecule has 0 amide bonds. The molecule has 4 nitrogen and oxygen atoms in total. The van der Waals surface area contributed by atoms with Crippen LogP contribution in [-0.4, -0.2) is 21.4 Å². The molecule has 23 heavy (non-hydrogen) atoms. The lowest BCUT2D eigenvalue weighted by Crippen LogP contribution is -2.13. The first kappa shape index (κ1) is 15.8. The van der Waals surface area contributed by atoms with Crippen molar-refractivity contribution in [2.24, 2.45) is 5.73 Å². The molecule has 118 valence electrons. The molecular weight excluding hydrogens is 304 g/mol. The molecule has 3 N–H and O–H groups in total. The number of nitrogens with one attached hydrogen (secondary N) is 1. The van der Waals surface area contributed by atoms with Crippen LogP contribution < -0.4 is 5.73 Å². The number of nitrogens with zero attached hydrogens (tertiary/aromatic N) is 2. The van der Waals surface area contributed by atoms with Gasteiger partial charge in [0, 0.05) is 10.5 Å². The third kappa shape index (κ3) is 4.00. The zero-order chi connectivity index (χ0) is 16.1. The quantitative estimate of drug-likeness (QED) is 0.676. The first-order valence-electron chi connectivity index (χ1n) is 7.62. The van der Waals surface area contributed by atoms with E-state index in [1.165, 1.54) is 10.5 Å². The van der Waals surface area contributed by atoms with E-state index in [1.807, 2.05) is 30.3 Å². The van der Waals surface area contributed by atoms with Gasteiger partial charge < -0.3 is 5.73 Å². The highest BCUT2D eigenvalue weighted by atomic mass is 32.2. The smallest absolute Gasteiger partial charge is 0.181 e. The molecule has 3 aromatic rings. The summed E-state index contributed by atoms with van der Waals surface area (Å²) in [4.78, 5) is 5.76.